The molecule has 0 spiro atoms. The van der Waals surface area contributed by atoms with E-state index in [9.17, 15) is 0 Å². The van der Waals surface area contributed by atoms with Crippen molar-refractivity contribution in [2.45, 2.75) is 26.2 Å². The highest BCUT2D eigenvalue weighted by Gasteiger charge is 2.33. The molecule has 0 saturated heterocycles. The van der Waals surface area contributed by atoms with Crippen molar-refractivity contribution in [1.82, 2.24) is 0 Å². The number of benzene rings is 1. The normalized spacial score (nSPS) is 17.9. The molecule has 1 aliphatic rings. The predicted molar refractivity (Wildman–Crippen MR) is 62.3 cm³/mol. The first-order chi connectivity index (χ1) is 6.43. The van der Waals surface area contributed by atoms with E-state index >= 15 is 0 Å². The number of hydrogen-bond acceptors (Lipinski definition) is 1. The number of rotatable bonds is 0. The lowest BCUT2D eigenvalue weighted by atomic mass is 9.82. The van der Waals surface area contributed by atoms with Crippen LogP contribution >= 0.6 is 23.2 Å². The Labute approximate surface area is 93.8 Å². The van der Waals surface area contributed by atoms with Crippen LogP contribution in [0.3, 0.4) is 0 Å². The summed E-state index contributed by atoms with van der Waals surface area (Å²) in [6.07, 6.45) is 0. The van der Waals surface area contributed by atoms with E-state index in [1.165, 1.54) is 0 Å². The molecule has 0 saturated carbocycles. The summed E-state index contributed by atoms with van der Waals surface area (Å²) in [5, 5.41) is 1.31. The molecular weight excluding hydrogens is 217 g/mol. The van der Waals surface area contributed by atoms with Crippen molar-refractivity contribution in [3.05, 3.63) is 27.7 Å². The van der Waals surface area contributed by atoms with E-state index in [1.807, 2.05) is 13.0 Å². The molecule has 0 bridgehead atoms. The van der Waals surface area contributed by atoms with Crippen molar-refractivity contribution in [2.75, 3.05) is 0 Å². The van der Waals surface area contributed by atoms with Gasteiger partial charge in [0.2, 0.25) is 0 Å². The highest BCUT2D eigenvalue weighted by Crippen LogP contribution is 2.45. The number of fused-ring (bicyclic) bond motifs is 1. The third-order valence-electron chi connectivity index (χ3n) is 2.89. The summed E-state index contributed by atoms with van der Waals surface area (Å²) in [6, 6.07) is 3.68. The fourth-order valence-corrected chi connectivity index (χ4v) is 2.19. The molecule has 74 valence electrons. The molecule has 1 aliphatic heterocycles. The molecule has 14 heavy (non-hydrogen) atoms. The molecule has 1 aromatic carbocycles. The smallest absolute Gasteiger partial charge is 0.0857 e. The number of nitrogens with zero attached hydrogens (tertiary/aromatic N) is 1. The molecule has 0 unspecified atom stereocenters. The Bertz CT molecular complexity index is 433. The SMILES string of the molecule is CC1=Nc2c(Cl)cc(Cl)cc2C1(C)C. The summed E-state index contributed by atoms with van der Waals surface area (Å²) < 4.78 is 0. The van der Waals surface area contributed by atoms with Crippen molar-refractivity contribution in [2.24, 2.45) is 4.99 Å². The van der Waals surface area contributed by atoms with Gasteiger partial charge in [-0.2, -0.15) is 0 Å². The maximum absolute atomic E-state index is 6.08. The maximum atomic E-state index is 6.08. The Kier molecular flexibility index (Phi) is 2.13. The van der Waals surface area contributed by atoms with Crippen LogP contribution in [0.4, 0.5) is 5.69 Å². The first kappa shape index (κ1) is 10.0. The van der Waals surface area contributed by atoms with Gasteiger partial charge in [-0.25, -0.2) is 0 Å². The quantitative estimate of drug-likeness (QED) is 0.624. The molecule has 0 amide bonds. The van der Waals surface area contributed by atoms with E-state index in [0.717, 1.165) is 17.0 Å². The highest BCUT2D eigenvalue weighted by atomic mass is 35.5. The van der Waals surface area contributed by atoms with Gasteiger partial charge >= 0.3 is 0 Å². The average molecular weight is 228 g/mol. The molecule has 1 nitrogen and oxygen atoms in total. The van der Waals surface area contributed by atoms with Gasteiger partial charge < -0.3 is 0 Å². The van der Waals surface area contributed by atoms with Crippen LogP contribution in [0, 0.1) is 0 Å². The third-order valence-corrected chi connectivity index (χ3v) is 3.39. The minimum atomic E-state index is -0.0517. The summed E-state index contributed by atoms with van der Waals surface area (Å²) in [6.45, 7) is 6.28. The summed E-state index contributed by atoms with van der Waals surface area (Å²) in [4.78, 5) is 4.47. The summed E-state index contributed by atoms with van der Waals surface area (Å²) >= 11 is 12.0. The van der Waals surface area contributed by atoms with Crippen molar-refractivity contribution in [3.8, 4) is 0 Å². The number of aliphatic imine (C=N–C) groups is 1. The van der Waals surface area contributed by atoms with Gasteiger partial charge in [-0.1, -0.05) is 37.0 Å². The molecule has 0 aliphatic carbocycles. The Morgan fingerprint density at radius 2 is 1.86 bits per heavy atom. The molecular formula is C11H11Cl2N. The lowest BCUT2D eigenvalue weighted by Gasteiger charge is -2.20. The van der Waals surface area contributed by atoms with Crippen molar-refractivity contribution >= 4 is 34.6 Å². The summed E-state index contributed by atoms with van der Waals surface area (Å²) in [7, 11) is 0. The first-order valence-electron chi connectivity index (χ1n) is 4.48. The largest absolute Gasteiger partial charge is 0.255 e. The van der Waals surface area contributed by atoms with Crippen LogP contribution in [-0.2, 0) is 5.41 Å². The van der Waals surface area contributed by atoms with E-state index in [0.29, 0.717) is 10.0 Å². The van der Waals surface area contributed by atoms with Crippen LogP contribution in [0.25, 0.3) is 0 Å². The Morgan fingerprint density at radius 1 is 1.21 bits per heavy atom. The van der Waals surface area contributed by atoms with Gasteiger partial charge in [0.25, 0.3) is 0 Å². The molecule has 1 aromatic rings. The van der Waals surface area contributed by atoms with Crippen LogP contribution < -0.4 is 0 Å². The van der Waals surface area contributed by atoms with E-state index in [1.54, 1.807) is 6.07 Å². The monoisotopic (exact) mass is 227 g/mol. The second-order valence-corrected chi connectivity index (χ2v) is 4.95. The topological polar surface area (TPSA) is 12.4 Å². The lowest BCUT2D eigenvalue weighted by molar-refractivity contribution is 0.733. The highest BCUT2D eigenvalue weighted by molar-refractivity contribution is 6.37. The van der Waals surface area contributed by atoms with Crippen LogP contribution in [-0.4, -0.2) is 5.71 Å². The van der Waals surface area contributed by atoms with Crippen LogP contribution in [0.1, 0.15) is 26.3 Å². The fourth-order valence-electron chi connectivity index (χ4n) is 1.66. The van der Waals surface area contributed by atoms with Crippen LogP contribution in [0.15, 0.2) is 17.1 Å². The van der Waals surface area contributed by atoms with E-state index in [2.05, 4.69) is 18.8 Å². The van der Waals surface area contributed by atoms with Gasteiger partial charge in [-0.15, -0.1) is 0 Å². The average Bonchev–Trinajstić information content (AvgIpc) is 2.28. The standard InChI is InChI=1S/C11H11Cl2N/c1-6-11(2,3)8-4-7(12)5-9(13)10(8)14-6/h4-5H,1-3H3. The zero-order valence-corrected chi connectivity index (χ0v) is 9.87. The van der Waals surface area contributed by atoms with Gasteiger partial charge in [-0.05, 0) is 24.6 Å². The zero-order chi connectivity index (χ0) is 10.5. The van der Waals surface area contributed by atoms with Gasteiger partial charge in [0.05, 0.1) is 10.7 Å². The Hall–Kier alpha value is -0.530. The third kappa shape index (κ3) is 1.27. The fraction of sp³-hybridized carbons (Fsp3) is 0.364. The van der Waals surface area contributed by atoms with Crippen molar-refractivity contribution < 1.29 is 0 Å². The zero-order valence-electron chi connectivity index (χ0n) is 8.36. The Balaban J connectivity index is 2.73. The molecule has 0 radical (unpaired) electrons. The van der Waals surface area contributed by atoms with E-state index in [-0.39, 0.29) is 5.41 Å². The van der Waals surface area contributed by atoms with Crippen LogP contribution in [0.2, 0.25) is 10.0 Å². The molecule has 1 heterocycles. The number of halogens is 2. The molecule has 0 atom stereocenters. The molecule has 0 fully saturated rings. The van der Waals surface area contributed by atoms with E-state index in [4.69, 9.17) is 23.2 Å². The van der Waals surface area contributed by atoms with Crippen molar-refractivity contribution in [3.63, 3.8) is 0 Å². The minimum Gasteiger partial charge on any atom is -0.255 e. The maximum Gasteiger partial charge on any atom is 0.0857 e. The van der Waals surface area contributed by atoms with Gasteiger partial charge in [-0.3, -0.25) is 4.99 Å². The van der Waals surface area contributed by atoms with Gasteiger partial charge in [0.1, 0.15) is 0 Å². The summed E-state index contributed by atoms with van der Waals surface area (Å²) in [5.41, 5.74) is 3.02. The minimum absolute atomic E-state index is 0.0517. The van der Waals surface area contributed by atoms with Crippen LogP contribution in [0.5, 0.6) is 0 Å². The number of hydrogen-bond donors (Lipinski definition) is 0. The Morgan fingerprint density at radius 3 is 2.50 bits per heavy atom. The molecule has 2 rings (SSSR count). The van der Waals surface area contributed by atoms with Gasteiger partial charge in [0, 0.05) is 16.1 Å². The molecule has 0 aromatic heterocycles. The predicted octanol–water partition coefficient (Wildman–Crippen LogP) is 4.38. The molecule has 3 heteroatoms. The van der Waals surface area contributed by atoms with Crippen molar-refractivity contribution in [1.29, 1.82) is 0 Å². The lowest BCUT2D eigenvalue weighted by Crippen LogP contribution is -2.22. The second kappa shape index (κ2) is 2.98. The molecule has 0 N–H and O–H groups in total. The first-order valence-corrected chi connectivity index (χ1v) is 5.24. The summed E-state index contributed by atoms with van der Waals surface area (Å²) in [5.74, 6) is 0. The second-order valence-electron chi connectivity index (χ2n) is 4.11. The van der Waals surface area contributed by atoms with Gasteiger partial charge in [0.15, 0.2) is 0 Å². The van der Waals surface area contributed by atoms with E-state index < -0.39 is 0 Å².